The maximum absolute atomic E-state index is 12.1. The molecule has 92 valence electrons. The molecule has 0 saturated heterocycles. The SMILES string of the molecule is O=C(Nc1cccnc1)c1cnn2c1COCC2. The number of rotatable bonds is 2. The van der Waals surface area contributed by atoms with Crippen LogP contribution >= 0.6 is 0 Å². The van der Waals surface area contributed by atoms with E-state index in [9.17, 15) is 4.79 Å². The van der Waals surface area contributed by atoms with Crippen LogP contribution in [0.1, 0.15) is 16.1 Å². The molecule has 0 radical (unpaired) electrons. The van der Waals surface area contributed by atoms with Gasteiger partial charge in [-0.25, -0.2) is 0 Å². The molecule has 18 heavy (non-hydrogen) atoms. The number of hydrogen-bond donors (Lipinski definition) is 1. The van der Waals surface area contributed by atoms with Gasteiger partial charge < -0.3 is 10.1 Å². The van der Waals surface area contributed by atoms with Crippen LogP contribution in [0.25, 0.3) is 0 Å². The van der Waals surface area contributed by atoms with Gasteiger partial charge in [0.2, 0.25) is 0 Å². The van der Waals surface area contributed by atoms with Crippen molar-refractivity contribution in [3.8, 4) is 0 Å². The molecule has 0 spiro atoms. The van der Waals surface area contributed by atoms with E-state index in [1.807, 2.05) is 4.68 Å². The fourth-order valence-corrected chi connectivity index (χ4v) is 1.90. The van der Waals surface area contributed by atoms with Gasteiger partial charge in [0.05, 0.1) is 49.1 Å². The summed E-state index contributed by atoms with van der Waals surface area (Å²) < 4.78 is 7.15. The molecule has 6 heteroatoms. The number of hydrogen-bond acceptors (Lipinski definition) is 4. The Morgan fingerprint density at radius 3 is 3.22 bits per heavy atom. The number of nitrogens with one attached hydrogen (secondary N) is 1. The molecule has 6 nitrogen and oxygen atoms in total. The number of carbonyl (C=O) groups is 1. The highest BCUT2D eigenvalue weighted by atomic mass is 16.5. The van der Waals surface area contributed by atoms with E-state index in [1.54, 1.807) is 30.7 Å². The third-order valence-corrected chi connectivity index (χ3v) is 2.80. The number of nitrogens with zero attached hydrogens (tertiary/aromatic N) is 3. The van der Waals surface area contributed by atoms with Crippen LogP contribution in [0.3, 0.4) is 0 Å². The second-order valence-electron chi connectivity index (χ2n) is 3.98. The first-order valence-electron chi connectivity index (χ1n) is 5.68. The lowest BCUT2D eigenvalue weighted by Crippen LogP contribution is -2.21. The second kappa shape index (κ2) is 4.58. The van der Waals surface area contributed by atoms with Crippen molar-refractivity contribution in [3.05, 3.63) is 42.0 Å². The van der Waals surface area contributed by atoms with E-state index >= 15 is 0 Å². The number of amides is 1. The minimum absolute atomic E-state index is 0.185. The molecule has 1 amide bonds. The van der Waals surface area contributed by atoms with Crippen LogP contribution in [0.2, 0.25) is 0 Å². The molecule has 1 aliphatic rings. The third-order valence-electron chi connectivity index (χ3n) is 2.80. The lowest BCUT2D eigenvalue weighted by atomic mass is 10.2. The number of carbonyl (C=O) groups excluding carboxylic acids is 1. The lowest BCUT2D eigenvalue weighted by molar-refractivity contribution is 0.0782. The fraction of sp³-hybridized carbons (Fsp3) is 0.250. The standard InChI is InChI=1S/C12H12N4O2/c17-12(15-9-2-1-3-13-6-9)10-7-14-16-4-5-18-8-11(10)16/h1-3,6-7H,4-5,8H2,(H,15,17). The summed E-state index contributed by atoms with van der Waals surface area (Å²) in [5, 5.41) is 6.96. The minimum Gasteiger partial charge on any atom is -0.373 e. The van der Waals surface area contributed by atoms with Gasteiger partial charge in [-0.15, -0.1) is 0 Å². The van der Waals surface area contributed by atoms with Crippen LogP contribution in [0.5, 0.6) is 0 Å². The third kappa shape index (κ3) is 1.98. The highest BCUT2D eigenvalue weighted by Crippen LogP contribution is 2.15. The highest BCUT2D eigenvalue weighted by molar-refractivity contribution is 6.04. The van der Waals surface area contributed by atoms with E-state index in [1.165, 1.54) is 0 Å². The number of aromatic nitrogens is 3. The van der Waals surface area contributed by atoms with Crippen molar-refractivity contribution in [1.29, 1.82) is 0 Å². The van der Waals surface area contributed by atoms with Gasteiger partial charge in [0.25, 0.3) is 5.91 Å². The van der Waals surface area contributed by atoms with Gasteiger partial charge in [0, 0.05) is 6.20 Å². The topological polar surface area (TPSA) is 69.0 Å². The summed E-state index contributed by atoms with van der Waals surface area (Å²) >= 11 is 0. The van der Waals surface area contributed by atoms with Crippen LogP contribution in [-0.4, -0.2) is 27.3 Å². The van der Waals surface area contributed by atoms with Gasteiger partial charge in [-0.05, 0) is 12.1 Å². The fourth-order valence-electron chi connectivity index (χ4n) is 1.90. The van der Waals surface area contributed by atoms with E-state index in [0.717, 1.165) is 5.69 Å². The molecule has 1 N–H and O–H groups in total. The Hall–Kier alpha value is -2.21. The van der Waals surface area contributed by atoms with Crippen molar-refractivity contribution >= 4 is 11.6 Å². The lowest BCUT2D eigenvalue weighted by Gasteiger charge is -2.15. The zero-order valence-corrected chi connectivity index (χ0v) is 9.67. The van der Waals surface area contributed by atoms with Crippen molar-refractivity contribution in [3.63, 3.8) is 0 Å². The molecule has 2 aromatic heterocycles. The molecule has 0 bridgehead atoms. The molecule has 0 atom stereocenters. The molecule has 1 aliphatic heterocycles. The van der Waals surface area contributed by atoms with Gasteiger partial charge in [-0.3, -0.25) is 14.5 Å². The van der Waals surface area contributed by atoms with Gasteiger partial charge in [-0.2, -0.15) is 5.10 Å². The number of anilines is 1. The van der Waals surface area contributed by atoms with E-state index in [2.05, 4.69) is 15.4 Å². The van der Waals surface area contributed by atoms with Crippen molar-refractivity contribution in [2.75, 3.05) is 11.9 Å². The Balaban J connectivity index is 1.83. The van der Waals surface area contributed by atoms with Crippen LogP contribution in [0.15, 0.2) is 30.7 Å². The first-order valence-corrected chi connectivity index (χ1v) is 5.68. The Bertz CT molecular complexity index is 565. The van der Waals surface area contributed by atoms with Gasteiger partial charge >= 0.3 is 0 Å². The molecular weight excluding hydrogens is 232 g/mol. The first kappa shape index (κ1) is 10.9. The van der Waals surface area contributed by atoms with Gasteiger partial charge in [-0.1, -0.05) is 0 Å². The summed E-state index contributed by atoms with van der Waals surface area (Å²) in [6.45, 7) is 1.75. The Labute approximate surface area is 104 Å². The number of ether oxygens (including phenoxy) is 1. The van der Waals surface area contributed by atoms with Gasteiger partial charge in [0.15, 0.2) is 0 Å². The van der Waals surface area contributed by atoms with E-state index in [0.29, 0.717) is 31.0 Å². The monoisotopic (exact) mass is 244 g/mol. The molecule has 2 aromatic rings. The molecule has 0 unspecified atom stereocenters. The zero-order chi connectivity index (χ0) is 12.4. The maximum Gasteiger partial charge on any atom is 0.259 e. The summed E-state index contributed by atoms with van der Waals surface area (Å²) in [5.74, 6) is -0.185. The number of pyridine rings is 1. The molecule has 0 fully saturated rings. The normalized spacial score (nSPS) is 14.0. The van der Waals surface area contributed by atoms with Crippen molar-refractivity contribution in [2.24, 2.45) is 0 Å². The van der Waals surface area contributed by atoms with Crippen LogP contribution in [0.4, 0.5) is 5.69 Å². The summed E-state index contributed by atoms with van der Waals surface area (Å²) in [4.78, 5) is 16.0. The van der Waals surface area contributed by atoms with Crippen molar-refractivity contribution in [1.82, 2.24) is 14.8 Å². The molecule has 0 aromatic carbocycles. The van der Waals surface area contributed by atoms with Crippen LogP contribution < -0.4 is 5.32 Å². The molecule has 0 aliphatic carbocycles. The van der Waals surface area contributed by atoms with E-state index < -0.39 is 0 Å². The summed E-state index contributed by atoms with van der Waals surface area (Å²) in [6, 6.07) is 3.56. The molecular formula is C12H12N4O2. The predicted molar refractivity (Wildman–Crippen MR) is 64.1 cm³/mol. The summed E-state index contributed by atoms with van der Waals surface area (Å²) in [7, 11) is 0. The van der Waals surface area contributed by atoms with Crippen molar-refractivity contribution in [2.45, 2.75) is 13.2 Å². The molecule has 0 saturated carbocycles. The first-order chi connectivity index (χ1) is 8.84. The summed E-state index contributed by atoms with van der Waals surface area (Å²) in [5.41, 5.74) is 2.04. The van der Waals surface area contributed by atoms with Crippen LogP contribution in [-0.2, 0) is 17.9 Å². The molecule has 3 rings (SSSR count). The predicted octanol–water partition coefficient (Wildman–Crippen LogP) is 1.06. The maximum atomic E-state index is 12.1. The van der Waals surface area contributed by atoms with E-state index in [-0.39, 0.29) is 5.91 Å². The molecule has 3 heterocycles. The van der Waals surface area contributed by atoms with E-state index in [4.69, 9.17) is 4.74 Å². The Kier molecular flexibility index (Phi) is 2.77. The minimum atomic E-state index is -0.185. The largest absolute Gasteiger partial charge is 0.373 e. The Morgan fingerprint density at radius 2 is 2.39 bits per heavy atom. The highest BCUT2D eigenvalue weighted by Gasteiger charge is 2.20. The smallest absolute Gasteiger partial charge is 0.259 e. The van der Waals surface area contributed by atoms with Gasteiger partial charge in [0.1, 0.15) is 0 Å². The average molecular weight is 244 g/mol. The average Bonchev–Trinajstić information content (AvgIpc) is 2.84. The van der Waals surface area contributed by atoms with Crippen molar-refractivity contribution < 1.29 is 9.53 Å². The Morgan fingerprint density at radius 1 is 1.44 bits per heavy atom. The quantitative estimate of drug-likeness (QED) is 0.857. The second-order valence-corrected chi connectivity index (χ2v) is 3.98. The zero-order valence-electron chi connectivity index (χ0n) is 9.67. The summed E-state index contributed by atoms with van der Waals surface area (Å²) in [6.07, 6.45) is 4.84. The number of fused-ring (bicyclic) bond motifs is 1. The van der Waals surface area contributed by atoms with Crippen LogP contribution in [0, 0.1) is 0 Å².